The maximum atomic E-state index is 2.75. The van der Waals surface area contributed by atoms with Gasteiger partial charge in [-0.05, 0) is 55.7 Å². The van der Waals surface area contributed by atoms with Crippen LogP contribution in [-0.4, -0.2) is 14.1 Å². The van der Waals surface area contributed by atoms with E-state index in [4.69, 9.17) is 0 Å². The van der Waals surface area contributed by atoms with Crippen molar-refractivity contribution in [3.05, 3.63) is 33.4 Å². The zero-order valence-electron chi connectivity index (χ0n) is 7.19. The molecule has 0 saturated carbocycles. The van der Waals surface area contributed by atoms with Crippen molar-refractivity contribution in [3.63, 3.8) is 0 Å². The largest absolute Gasteiger partial charge is 0.323 e. The highest BCUT2D eigenvalue weighted by atomic mass is 127. The van der Waals surface area contributed by atoms with Crippen LogP contribution in [0, 0.1) is 10.5 Å². The molecule has 0 unspecified atom stereocenters. The monoisotopic (exact) mass is 263 g/mol. The highest BCUT2D eigenvalue weighted by Gasteiger charge is 1.81. The molecule has 0 bridgehead atoms. The maximum Gasteiger partial charge on any atom is 0.0130 e. The van der Waals surface area contributed by atoms with Crippen LogP contribution >= 0.6 is 22.6 Å². The lowest BCUT2D eigenvalue weighted by molar-refractivity contribution is 1.02. The minimum Gasteiger partial charge on any atom is -0.323 e. The Morgan fingerprint density at radius 3 is 1.73 bits per heavy atom. The average molecular weight is 263 g/mol. The Bertz CT molecular complexity index is 160. The molecule has 0 aliphatic heterocycles. The number of nitrogens with one attached hydrogen (secondary N) is 1. The standard InChI is InChI=1S/C7H7I.C2H7N/c1-6-2-4-7(8)5-3-6;1-3-2/h2-5H,1H3;3H,1-2H3. The van der Waals surface area contributed by atoms with Crippen molar-refractivity contribution < 1.29 is 0 Å². The van der Waals surface area contributed by atoms with Gasteiger partial charge in [-0.1, -0.05) is 17.7 Å². The normalized spacial score (nSPS) is 8.36. The SMILES string of the molecule is CNC.Cc1ccc(I)cc1. The fourth-order valence-electron chi connectivity index (χ4n) is 0.533. The molecule has 0 aliphatic rings. The van der Waals surface area contributed by atoms with Crippen molar-refractivity contribution in [1.29, 1.82) is 0 Å². The predicted octanol–water partition coefficient (Wildman–Crippen LogP) is 2.44. The lowest BCUT2D eigenvalue weighted by atomic mass is 10.2. The fraction of sp³-hybridized carbons (Fsp3) is 0.333. The molecule has 62 valence electrons. The molecule has 1 N–H and O–H groups in total. The third-order valence-corrected chi connectivity index (χ3v) is 1.73. The Balaban J connectivity index is 0.000000292. The summed E-state index contributed by atoms with van der Waals surface area (Å²) < 4.78 is 1.30. The molecule has 1 aromatic rings. The molecule has 1 aromatic carbocycles. The van der Waals surface area contributed by atoms with Crippen molar-refractivity contribution >= 4 is 22.6 Å². The van der Waals surface area contributed by atoms with Gasteiger partial charge in [0, 0.05) is 3.57 Å². The van der Waals surface area contributed by atoms with E-state index in [0.717, 1.165) is 0 Å². The summed E-state index contributed by atoms with van der Waals surface area (Å²) >= 11 is 2.30. The van der Waals surface area contributed by atoms with Crippen molar-refractivity contribution in [2.75, 3.05) is 14.1 Å². The summed E-state index contributed by atoms with van der Waals surface area (Å²) in [5, 5.41) is 2.75. The predicted molar refractivity (Wildman–Crippen MR) is 58.9 cm³/mol. The van der Waals surface area contributed by atoms with E-state index < -0.39 is 0 Å². The first-order valence-corrected chi connectivity index (χ1v) is 4.59. The van der Waals surface area contributed by atoms with Gasteiger partial charge < -0.3 is 5.32 Å². The summed E-state index contributed by atoms with van der Waals surface area (Å²) in [6.07, 6.45) is 0. The van der Waals surface area contributed by atoms with Crippen LogP contribution in [0.3, 0.4) is 0 Å². The van der Waals surface area contributed by atoms with Gasteiger partial charge in [-0.15, -0.1) is 0 Å². The van der Waals surface area contributed by atoms with Crippen LogP contribution in [0.15, 0.2) is 24.3 Å². The second-order valence-corrected chi connectivity index (χ2v) is 3.54. The second kappa shape index (κ2) is 6.61. The summed E-state index contributed by atoms with van der Waals surface area (Å²) in [5.41, 5.74) is 1.32. The van der Waals surface area contributed by atoms with Crippen LogP contribution in [0.1, 0.15) is 5.56 Å². The third kappa shape index (κ3) is 6.31. The van der Waals surface area contributed by atoms with E-state index in [1.165, 1.54) is 9.13 Å². The molecule has 0 radical (unpaired) electrons. The van der Waals surface area contributed by atoms with Gasteiger partial charge >= 0.3 is 0 Å². The van der Waals surface area contributed by atoms with Crippen molar-refractivity contribution in [3.8, 4) is 0 Å². The minimum atomic E-state index is 1.30. The van der Waals surface area contributed by atoms with Crippen molar-refractivity contribution in [1.82, 2.24) is 5.32 Å². The second-order valence-electron chi connectivity index (χ2n) is 2.30. The number of hydrogen-bond acceptors (Lipinski definition) is 1. The quantitative estimate of drug-likeness (QED) is 0.709. The molecule has 1 nitrogen and oxygen atoms in total. The summed E-state index contributed by atoms with van der Waals surface area (Å²) in [4.78, 5) is 0. The Labute approximate surface area is 82.3 Å². The molecule has 0 saturated heterocycles. The van der Waals surface area contributed by atoms with Gasteiger partial charge in [0.15, 0.2) is 0 Å². The lowest BCUT2D eigenvalue weighted by Gasteiger charge is -1.88. The van der Waals surface area contributed by atoms with Crippen LogP contribution in [0.5, 0.6) is 0 Å². The summed E-state index contributed by atoms with van der Waals surface area (Å²) in [6, 6.07) is 8.44. The van der Waals surface area contributed by atoms with Gasteiger partial charge in [0.2, 0.25) is 0 Å². The van der Waals surface area contributed by atoms with Crippen LogP contribution in [0.25, 0.3) is 0 Å². The fourth-order valence-corrected chi connectivity index (χ4v) is 0.893. The maximum absolute atomic E-state index is 2.75. The summed E-state index contributed by atoms with van der Waals surface area (Å²) in [7, 11) is 3.75. The van der Waals surface area contributed by atoms with Gasteiger partial charge in [0.05, 0.1) is 0 Å². The van der Waals surface area contributed by atoms with E-state index in [2.05, 4.69) is 59.1 Å². The van der Waals surface area contributed by atoms with E-state index in [0.29, 0.717) is 0 Å². The van der Waals surface area contributed by atoms with E-state index in [-0.39, 0.29) is 0 Å². The molecule has 11 heavy (non-hydrogen) atoms. The number of rotatable bonds is 0. The zero-order chi connectivity index (χ0) is 8.69. The highest BCUT2D eigenvalue weighted by molar-refractivity contribution is 14.1. The number of hydrogen-bond donors (Lipinski definition) is 1. The Morgan fingerprint density at radius 2 is 1.45 bits per heavy atom. The first-order chi connectivity index (χ1) is 5.20. The lowest BCUT2D eigenvalue weighted by Crippen LogP contribution is -1.89. The smallest absolute Gasteiger partial charge is 0.0130 e. The first-order valence-electron chi connectivity index (χ1n) is 3.51. The summed E-state index contributed by atoms with van der Waals surface area (Å²) in [6.45, 7) is 2.09. The zero-order valence-corrected chi connectivity index (χ0v) is 9.34. The van der Waals surface area contributed by atoms with Gasteiger partial charge in [-0.25, -0.2) is 0 Å². The Hall–Kier alpha value is -0.0900. The molecular weight excluding hydrogens is 249 g/mol. The average Bonchev–Trinajstić information content (AvgIpc) is 1.97. The summed E-state index contributed by atoms with van der Waals surface area (Å²) in [5.74, 6) is 0. The molecule has 1 rings (SSSR count). The van der Waals surface area contributed by atoms with Gasteiger partial charge in [0.25, 0.3) is 0 Å². The number of halogens is 1. The Kier molecular flexibility index (Phi) is 6.56. The van der Waals surface area contributed by atoms with Gasteiger partial charge in [-0.2, -0.15) is 0 Å². The minimum absolute atomic E-state index is 1.30. The van der Waals surface area contributed by atoms with E-state index in [9.17, 15) is 0 Å². The molecule has 0 spiro atoms. The third-order valence-electron chi connectivity index (χ3n) is 1.01. The first kappa shape index (κ1) is 10.9. The van der Waals surface area contributed by atoms with Crippen LogP contribution in [-0.2, 0) is 0 Å². The Morgan fingerprint density at radius 1 is 1.09 bits per heavy atom. The molecule has 0 aliphatic carbocycles. The molecule has 0 heterocycles. The number of benzene rings is 1. The van der Waals surface area contributed by atoms with Gasteiger partial charge in [-0.3, -0.25) is 0 Å². The van der Waals surface area contributed by atoms with Crippen LogP contribution in [0.4, 0.5) is 0 Å². The molecule has 0 atom stereocenters. The number of aryl methyl sites for hydroxylation is 1. The van der Waals surface area contributed by atoms with E-state index in [1.54, 1.807) is 0 Å². The van der Waals surface area contributed by atoms with E-state index in [1.807, 2.05) is 14.1 Å². The van der Waals surface area contributed by atoms with Crippen LogP contribution < -0.4 is 5.32 Å². The van der Waals surface area contributed by atoms with Crippen molar-refractivity contribution in [2.45, 2.75) is 6.92 Å². The molecule has 0 amide bonds. The molecular formula is C9H14IN. The van der Waals surface area contributed by atoms with Crippen LogP contribution in [0.2, 0.25) is 0 Å². The van der Waals surface area contributed by atoms with E-state index >= 15 is 0 Å². The topological polar surface area (TPSA) is 12.0 Å². The molecule has 0 aromatic heterocycles. The van der Waals surface area contributed by atoms with Crippen molar-refractivity contribution in [2.24, 2.45) is 0 Å². The van der Waals surface area contributed by atoms with Gasteiger partial charge in [0.1, 0.15) is 0 Å². The molecule has 0 fully saturated rings. The molecule has 2 heteroatoms. The highest BCUT2D eigenvalue weighted by Crippen LogP contribution is 2.04.